The van der Waals surface area contributed by atoms with Gasteiger partial charge in [-0.1, -0.05) is 12.1 Å². The Balaban J connectivity index is 1.62. The Labute approximate surface area is 147 Å². The highest BCUT2D eigenvalue weighted by Gasteiger charge is 2.16. The lowest BCUT2D eigenvalue weighted by Gasteiger charge is -2.32. The van der Waals surface area contributed by atoms with Crippen LogP contribution in [0.4, 0.5) is 0 Å². The molecule has 1 aromatic carbocycles. The molecule has 128 valence electrons. The maximum absolute atomic E-state index is 12.6. The third-order valence-corrected chi connectivity index (χ3v) is 5.14. The van der Waals surface area contributed by atoms with Crippen LogP contribution in [0.3, 0.4) is 0 Å². The van der Waals surface area contributed by atoms with Crippen molar-refractivity contribution < 1.29 is 4.79 Å². The molecule has 0 bridgehead atoms. The SMILES string of the molecule is CN1CCN(Cc2cccc(C(=O)N(C)Cc3nccs3)c2)CC1. The number of amides is 1. The van der Waals surface area contributed by atoms with E-state index in [-0.39, 0.29) is 5.91 Å². The van der Waals surface area contributed by atoms with Gasteiger partial charge in [-0.15, -0.1) is 11.3 Å². The van der Waals surface area contributed by atoms with E-state index in [9.17, 15) is 4.79 Å². The van der Waals surface area contributed by atoms with Crippen LogP contribution in [0.15, 0.2) is 35.8 Å². The fourth-order valence-corrected chi connectivity index (χ4v) is 3.56. The van der Waals surface area contributed by atoms with Gasteiger partial charge in [-0.05, 0) is 24.7 Å². The molecule has 1 saturated heterocycles. The minimum Gasteiger partial charge on any atom is -0.335 e. The summed E-state index contributed by atoms with van der Waals surface area (Å²) in [6, 6.07) is 8.01. The van der Waals surface area contributed by atoms with Crippen molar-refractivity contribution in [1.82, 2.24) is 19.7 Å². The van der Waals surface area contributed by atoms with Crippen molar-refractivity contribution >= 4 is 17.2 Å². The van der Waals surface area contributed by atoms with Gasteiger partial charge in [0.1, 0.15) is 5.01 Å². The summed E-state index contributed by atoms with van der Waals surface area (Å²) >= 11 is 1.57. The molecular formula is C18H24N4OS. The van der Waals surface area contributed by atoms with Crippen molar-refractivity contribution in [3.8, 4) is 0 Å². The third-order valence-electron chi connectivity index (χ3n) is 4.38. The second-order valence-corrected chi connectivity index (χ2v) is 7.35. The predicted molar refractivity (Wildman–Crippen MR) is 97.1 cm³/mol. The van der Waals surface area contributed by atoms with Gasteiger partial charge in [0.2, 0.25) is 0 Å². The van der Waals surface area contributed by atoms with E-state index in [1.807, 2.05) is 30.6 Å². The normalized spacial score (nSPS) is 16.2. The van der Waals surface area contributed by atoms with E-state index in [1.54, 1.807) is 22.4 Å². The van der Waals surface area contributed by atoms with Gasteiger partial charge in [0, 0.05) is 56.9 Å². The molecule has 1 aromatic heterocycles. The summed E-state index contributed by atoms with van der Waals surface area (Å²) in [5.41, 5.74) is 1.95. The summed E-state index contributed by atoms with van der Waals surface area (Å²) in [6.07, 6.45) is 1.77. The van der Waals surface area contributed by atoms with Crippen LogP contribution in [0.5, 0.6) is 0 Å². The number of benzene rings is 1. The van der Waals surface area contributed by atoms with Crippen LogP contribution in [0.2, 0.25) is 0 Å². The van der Waals surface area contributed by atoms with Crippen LogP contribution in [-0.2, 0) is 13.1 Å². The number of likely N-dealkylation sites (N-methyl/N-ethyl adjacent to an activating group) is 1. The zero-order valence-electron chi connectivity index (χ0n) is 14.3. The summed E-state index contributed by atoms with van der Waals surface area (Å²) in [5.74, 6) is 0.0467. The first-order chi connectivity index (χ1) is 11.6. The molecule has 1 aliphatic rings. The Hall–Kier alpha value is -1.76. The molecule has 1 amide bonds. The highest BCUT2D eigenvalue weighted by atomic mass is 32.1. The lowest BCUT2D eigenvalue weighted by molar-refractivity contribution is 0.0784. The quantitative estimate of drug-likeness (QED) is 0.833. The summed E-state index contributed by atoms with van der Waals surface area (Å²) in [6.45, 7) is 5.84. The van der Waals surface area contributed by atoms with Gasteiger partial charge in [0.15, 0.2) is 0 Å². The van der Waals surface area contributed by atoms with E-state index in [1.165, 1.54) is 5.56 Å². The van der Waals surface area contributed by atoms with E-state index < -0.39 is 0 Å². The molecular weight excluding hydrogens is 320 g/mol. The number of thiazole rings is 1. The van der Waals surface area contributed by atoms with E-state index in [4.69, 9.17) is 0 Å². The Kier molecular flexibility index (Phi) is 5.60. The zero-order valence-corrected chi connectivity index (χ0v) is 15.1. The standard InChI is InChI=1S/C18H24N4OS/c1-20-7-9-22(10-8-20)13-15-4-3-5-16(12-15)18(23)21(2)14-17-19-6-11-24-17/h3-6,11-12H,7-10,13-14H2,1-2H3. The lowest BCUT2D eigenvalue weighted by Crippen LogP contribution is -2.43. The van der Waals surface area contributed by atoms with E-state index in [2.05, 4.69) is 27.9 Å². The summed E-state index contributed by atoms with van der Waals surface area (Å²) < 4.78 is 0. The molecule has 0 spiro atoms. The summed E-state index contributed by atoms with van der Waals surface area (Å²) in [4.78, 5) is 23.4. The Bertz CT molecular complexity index is 665. The highest BCUT2D eigenvalue weighted by molar-refractivity contribution is 7.09. The van der Waals surface area contributed by atoms with Crippen molar-refractivity contribution in [1.29, 1.82) is 0 Å². The summed E-state index contributed by atoms with van der Waals surface area (Å²) in [5, 5.41) is 2.89. The molecule has 1 fully saturated rings. The first kappa shape index (κ1) is 17.1. The minimum atomic E-state index is 0.0467. The first-order valence-corrected chi connectivity index (χ1v) is 9.13. The van der Waals surface area contributed by atoms with Gasteiger partial charge < -0.3 is 9.80 Å². The number of hydrogen-bond acceptors (Lipinski definition) is 5. The van der Waals surface area contributed by atoms with Crippen LogP contribution in [0.1, 0.15) is 20.9 Å². The summed E-state index contributed by atoms with van der Waals surface area (Å²) in [7, 11) is 3.99. The number of aromatic nitrogens is 1. The maximum Gasteiger partial charge on any atom is 0.253 e. The maximum atomic E-state index is 12.6. The number of hydrogen-bond donors (Lipinski definition) is 0. The smallest absolute Gasteiger partial charge is 0.253 e. The van der Waals surface area contributed by atoms with Crippen LogP contribution in [0, 0.1) is 0 Å². The van der Waals surface area contributed by atoms with Gasteiger partial charge in [-0.2, -0.15) is 0 Å². The highest BCUT2D eigenvalue weighted by Crippen LogP contribution is 2.14. The molecule has 2 heterocycles. The van der Waals surface area contributed by atoms with Crippen molar-refractivity contribution in [3.05, 3.63) is 52.0 Å². The molecule has 0 radical (unpaired) electrons. The first-order valence-electron chi connectivity index (χ1n) is 8.25. The zero-order chi connectivity index (χ0) is 16.9. The van der Waals surface area contributed by atoms with E-state index >= 15 is 0 Å². The van der Waals surface area contributed by atoms with E-state index in [0.29, 0.717) is 6.54 Å². The lowest BCUT2D eigenvalue weighted by atomic mass is 10.1. The Morgan fingerprint density at radius 1 is 1.29 bits per heavy atom. The van der Waals surface area contributed by atoms with Crippen molar-refractivity contribution in [2.75, 3.05) is 40.3 Å². The number of piperazine rings is 1. The molecule has 24 heavy (non-hydrogen) atoms. The van der Waals surface area contributed by atoms with Crippen LogP contribution < -0.4 is 0 Å². The van der Waals surface area contributed by atoms with Crippen molar-refractivity contribution in [3.63, 3.8) is 0 Å². The topological polar surface area (TPSA) is 39.7 Å². The molecule has 5 nitrogen and oxygen atoms in total. The molecule has 0 unspecified atom stereocenters. The second-order valence-electron chi connectivity index (χ2n) is 6.37. The molecule has 0 N–H and O–H groups in total. The molecule has 0 saturated carbocycles. The molecule has 6 heteroatoms. The average Bonchev–Trinajstić information content (AvgIpc) is 3.09. The minimum absolute atomic E-state index is 0.0467. The fourth-order valence-electron chi connectivity index (χ4n) is 2.89. The number of nitrogens with zero attached hydrogens (tertiary/aromatic N) is 4. The molecule has 0 aliphatic carbocycles. The van der Waals surface area contributed by atoms with Crippen LogP contribution in [0.25, 0.3) is 0 Å². The van der Waals surface area contributed by atoms with Crippen LogP contribution in [-0.4, -0.2) is 65.9 Å². The second kappa shape index (κ2) is 7.88. The third kappa shape index (κ3) is 4.41. The number of rotatable bonds is 5. The van der Waals surface area contributed by atoms with Crippen molar-refractivity contribution in [2.45, 2.75) is 13.1 Å². The van der Waals surface area contributed by atoms with Crippen molar-refractivity contribution in [2.24, 2.45) is 0 Å². The van der Waals surface area contributed by atoms with Gasteiger partial charge in [0.05, 0.1) is 6.54 Å². The molecule has 2 aromatic rings. The van der Waals surface area contributed by atoms with Gasteiger partial charge >= 0.3 is 0 Å². The van der Waals surface area contributed by atoms with E-state index in [0.717, 1.165) is 43.3 Å². The van der Waals surface area contributed by atoms with Gasteiger partial charge in [-0.3, -0.25) is 9.69 Å². The Morgan fingerprint density at radius 2 is 2.08 bits per heavy atom. The average molecular weight is 344 g/mol. The van der Waals surface area contributed by atoms with Gasteiger partial charge in [-0.25, -0.2) is 4.98 Å². The molecule has 3 rings (SSSR count). The predicted octanol–water partition coefficient (Wildman–Crippen LogP) is 2.16. The van der Waals surface area contributed by atoms with Gasteiger partial charge in [0.25, 0.3) is 5.91 Å². The van der Waals surface area contributed by atoms with Crippen LogP contribution >= 0.6 is 11.3 Å². The monoisotopic (exact) mass is 344 g/mol. The largest absolute Gasteiger partial charge is 0.335 e. The molecule has 0 atom stereocenters. The number of carbonyl (C=O) groups is 1. The number of carbonyl (C=O) groups excluding carboxylic acids is 1. The molecule has 1 aliphatic heterocycles. The fraction of sp³-hybridized carbons (Fsp3) is 0.444. The Morgan fingerprint density at radius 3 is 2.79 bits per heavy atom.